The first-order valence-corrected chi connectivity index (χ1v) is 13.5. The molecule has 8 heteroatoms. The molecule has 39 heavy (non-hydrogen) atoms. The summed E-state index contributed by atoms with van der Waals surface area (Å²) in [6.07, 6.45) is 0.897. The fourth-order valence-electron chi connectivity index (χ4n) is 4.54. The molecule has 8 nitrogen and oxygen atoms in total. The second kappa shape index (κ2) is 13.0. The summed E-state index contributed by atoms with van der Waals surface area (Å²) < 4.78 is 17.3. The molecule has 2 aromatic rings. The number of benzene rings is 2. The molecular weight excluding hydrogens is 496 g/mol. The number of rotatable bonds is 12. The summed E-state index contributed by atoms with van der Waals surface area (Å²) in [5, 5.41) is 11.5. The van der Waals surface area contributed by atoms with E-state index in [2.05, 4.69) is 13.8 Å². The Morgan fingerprint density at radius 3 is 2.36 bits per heavy atom. The van der Waals surface area contributed by atoms with Gasteiger partial charge in [0.05, 0.1) is 31.4 Å². The normalized spacial score (nSPS) is 17.0. The highest BCUT2D eigenvalue weighted by atomic mass is 16.5. The largest absolute Gasteiger partial charge is 0.507 e. The van der Waals surface area contributed by atoms with Crippen LogP contribution in [0.4, 0.5) is 0 Å². The summed E-state index contributed by atoms with van der Waals surface area (Å²) in [4.78, 5) is 30.1. The molecule has 1 N–H and O–H groups in total. The number of amides is 1. The summed E-state index contributed by atoms with van der Waals surface area (Å²) in [7, 11) is 5.37. The Morgan fingerprint density at radius 2 is 1.77 bits per heavy atom. The van der Waals surface area contributed by atoms with Crippen LogP contribution in [-0.4, -0.2) is 73.6 Å². The third-order valence-corrected chi connectivity index (χ3v) is 6.61. The van der Waals surface area contributed by atoms with Crippen molar-refractivity contribution in [3.05, 3.63) is 58.7 Å². The Labute approximate surface area is 232 Å². The van der Waals surface area contributed by atoms with Crippen LogP contribution in [0.5, 0.6) is 17.2 Å². The molecule has 0 saturated carbocycles. The second-order valence-corrected chi connectivity index (χ2v) is 10.9. The zero-order chi connectivity index (χ0) is 28.9. The van der Waals surface area contributed by atoms with Crippen LogP contribution in [0, 0.1) is 12.8 Å². The van der Waals surface area contributed by atoms with E-state index in [1.54, 1.807) is 31.4 Å². The van der Waals surface area contributed by atoms with E-state index in [0.29, 0.717) is 54.0 Å². The van der Waals surface area contributed by atoms with Gasteiger partial charge in [0, 0.05) is 18.7 Å². The van der Waals surface area contributed by atoms with E-state index in [1.807, 2.05) is 51.9 Å². The predicted molar refractivity (Wildman–Crippen MR) is 152 cm³/mol. The lowest BCUT2D eigenvalue weighted by Gasteiger charge is -2.27. The van der Waals surface area contributed by atoms with Crippen LogP contribution >= 0.6 is 0 Å². The van der Waals surface area contributed by atoms with Crippen molar-refractivity contribution >= 4 is 17.4 Å². The van der Waals surface area contributed by atoms with Crippen LogP contribution in [0.15, 0.2) is 42.0 Å². The Hall–Kier alpha value is -3.52. The molecule has 1 heterocycles. The van der Waals surface area contributed by atoms with E-state index >= 15 is 0 Å². The fraction of sp³-hybridized carbons (Fsp3) is 0.484. The number of aliphatic hydroxyl groups is 1. The molecule has 0 radical (unpaired) electrons. The lowest BCUT2D eigenvalue weighted by molar-refractivity contribution is -0.140. The Morgan fingerprint density at radius 1 is 1.05 bits per heavy atom. The van der Waals surface area contributed by atoms with Crippen LogP contribution in [0.1, 0.15) is 56.8 Å². The fourth-order valence-corrected chi connectivity index (χ4v) is 4.54. The first-order chi connectivity index (χ1) is 18.4. The summed E-state index contributed by atoms with van der Waals surface area (Å²) in [5.41, 5.74) is 1.91. The van der Waals surface area contributed by atoms with Crippen molar-refractivity contribution in [3.8, 4) is 17.2 Å². The van der Waals surface area contributed by atoms with E-state index in [1.165, 1.54) is 4.90 Å². The van der Waals surface area contributed by atoms with Crippen molar-refractivity contribution in [3.63, 3.8) is 0 Å². The van der Waals surface area contributed by atoms with E-state index in [0.717, 1.165) is 12.0 Å². The minimum absolute atomic E-state index is 0.00169. The minimum Gasteiger partial charge on any atom is -0.507 e. The minimum atomic E-state index is -0.783. The Kier molecular flexibility index (Phi) is 10.0. The molecule has 3 rings (SSSR count). The van der Waals surface area contributed by atoms with Gasteiger partial charge in [0.1, 0.15) is 11.5 Å². The molecule has 1 fully saturated rings. The van der Waals surface area contributed by atoms with Crippen LogP contribution in [0.2, 0.25) is 0 Å². The molecule has 0 aliphatic carbocycles. The maximum atomic E-state index is 13.4. The number of hydrogen-bond donors (Lipinski definition) is 1. The summed E-state index contributed by atoms with van der Waals surface area (Å²) >= 11 is 0. The second-order valence-electron chi connectivity index (χ2n) is 10.9. The average molecular weight is 539 g/mol. The van der Waals surface area contributed by atoms with Gasteiger partial charge in [-0.25, -0.2) is 0 Å². The maximum absolute atomic E-state index is 13.4. The molecule has 1 aliphatic rings. The van der Waals surface area contributed by atoms with Crippen molar-refractivity contribution in [2.24, 2.45) is 5.92 Å². The topological polar surface area (TPSA) is 88.5 Å². The van der Waals surface area contributed by atoms with Gasteiger partial charge in [-0.2, -0.15) is 0 Å². The number of likely N-dealkylation sites (N-methyl/N-ethyl adjacent to an activating group) is 1. The van der Waals surface area contributed by atoms with E-state index in [9.17, 15) is 14.7 Å². The highest BCUT2D eigenvalue weighted by Gasteiger charge is 2.46. The number of aryl methyl sites for hydroxylation is 1. The number of aliphatic hydroxyl groups excluding tert-OH is 1. The zero-order valence-electron chi connectivity index (χ0n) is 24.4. The van der Waals surface area contributed by atoms with Gasteiger partial charge in [-0.15, -0.1) is 0 Å². The SMILES string of the molecule is COc1cc(C2C(=C(O)c3ccc(OC(C)C)cc3C)C(=O)C(=O)N2CCN(C)C)ccc1OCCC(C)C. The number of methoxy groups -OCH3 is 1. The van der Waals surface area contributed by atoms with Gasteiger partial charge < -0.3 is 29.1 Å². The van der Waals surface area contributed by atoms with Gasteiger partial charge in [0.2, 0.25) is 0 Å². The lowest BCUT2D eigenvalue weighted by atomic mass is 9.93. The molecule has 212 valence electrons. The molecule has 1 amide bonds. The Balaban J connectivity index is 2.11. The van der Waals surface area contributed by atoms with Crippen molar-refractivity contribution in [2.45, 2.75) is 53.2 Å². The third-order valence-electron chi connectivity index (χ3n) is 6.61. The number of likely N-dealkylation sites (tertiary alicyclic amines) is 1. The number of nitrogens with zero attached hydrogens (tertiary/aromatic N) is 2. The average Bonchev–Trinajstić information content (AvgIpc) is 3.11. The number of carbonyl (C=O) groups is 2. The predicted octanol–water partition coefficient (Wildman–Crippen LogP) is 5.20. The smallest absolute Gasteiger partial charge is 0.295 e. The number of Topliss-reactive ketones (excluding diaryl/α,β-unsaturated/α-hetero) is 1. The molecule has 1 atom stereocenters. The molecule has 1 saturated heterocycles. The third kappa shape index (κ3) is 7.12. The van der Waals surface area contributed by atoms with Gasteiger partial charge in [-0.3, -0.25) is 9.59 Å². The van der Waals surface area contributed by atoms with Crippen LogP contribution in [0.25, 0.3) is 5.76 Å². The number of carbonyl (C=O) groups excluding carboxylic acids is 2. The van der Waals surface area contributed by atoms with Gasteiger partial charge >= 0.3 is 0 Å². The first-order valence-electron chi connectivity index (χ1n) is 13.5. The highest BCUT2D eigenvalue weighted by molar-refractivity contribution is 6.46. The molecule has 2 aromatic carbocycles. The summed E-state index contributed by atoms with van der Waals surface area (Å²) in [6, 6.07) is 9.91. The standard InChI is InChI=1S/C31H42N2O6/c1-19(2)13-16-38-25-12-9-22(18-26(25)37-8)28-27(30(35)31(36)33(28)15-14-32(6)7)29(34)24-11-10-23(17-21(24)5)39-20(3)4/h9-12,17-20,28,34H,13-16H2,1-8H3. The monoisotopic (exact) mass is 538 g/mol. The van der Waals surface area contributed by atoms with Crippen molar-refractivity contribution in [1.82, 2.24) is 9.80 Å². The molecule has 1 unspecified atom stereocenters. The molecule has 1 aliphatic heterocycles. The molecule has 0 spiro atoms. The first kappa shape index (κ1) is 30.0. The maximum Gasteiger partial charge on any atom is 0.295 e. The molecule has 0 bridgehead atoms. The van der Waals surface area contributed by atoms with Gasteiger partial charge in [0.15, 0.2) is 11.5 Å². The Bertz CT molecular complexity index is 1220. The highest BCUT2D eigenvalue weighted by Crippen LogP contribution is 2.42. The lowest BCUT2D eigenvalue weighted by Crippen LogP contribution is -2.35. The van der Waals surface area contributed by atoms with E-state index < -0.39 is 17.7 Å². The number of ketones is 1. The van der Waals surface area contributed by atoms with E-state index in [-0.39, 0.29) is 17.4 Å². The van der Waals surface area contributed by atoms with Crippen LogP contribution < -0.4 is 14.2 Å². The van der Waals surface area contributed by atoms with Crippen LogP contribution in [-0.2, 0) is 9.59 Å². The van der Waals surface area contributed by atoms with Gasteiger partial charge in [-0.05, 0) is 88.7 Å². The molecule has 0 aromatic heterocycles. The summed E-state index contributed by atoms with van der Waals surface area (Å²) in [6.45, 7) is 11.4. The van der Waals surface area contributed by atoms with Crippen molar-refractivity contribution < 1.29 is 28.9 Å². The van der Waals surface area contributed by atoms with E-state index in [4.69, 9.17) is 14.2 Å². The number of hydrogen-bond acceptors (Lipinski definition) is 7. The molecular formula is C31H42N2O6. The van der Waals surface area contributed by atoms with Gasteiger partial charge in [0.25, 0.3) is 11.7 Å². The quantitative estimate of drug-likeness (QED) is 0.226. The zero-order valence-corrected chi connectivity index (χ0v) is 24.4. The summed E-state index contributed by atoms with van der Waals surface area (Å²) in [5.74, 6) is 0.687. The van der Waals surface area contributed by atoms with Gasteiger partial charge in [-0.1, -0.05) is 19.9 Å². The van der Waals surface area contributed by atoms with Crippen molar-refractivity contribution in [1.29, 1.82) is 0 Å². The van der Waals surface area contributed by atoms with Crippen LogP contribution in [0.3, 0.4) is 0 Å². The van der Waals surface area contributed by atoms with Crippen molar-refractivity contribution in [2.75, 3.05) is 40.9 Å². The number of ether oxygens (including phenoxy) is 3.